The lowest BCUT2D eigenvalue weighted by molar-refractivity contribution is 0.206. The third kappa shape index (κ3) is 4.39. The molecule has 1 unspecified atom stereocenters. The second-order valence-corrected chi connectivity index (χ2v) is 10.2. The van der Waals surface area contributed by atoms with Crippen LogP contribution in [0.15, 0.2) is 85.5 Å². The zero-order valence-electron chi connectivity index (χ0n) is 21.5. The summed E-state index contributed by atoms with van der Waals surface area (Å²) in [5, 5.41) is 2.15. The fraction of sp³-hybridized carbons (Fsp3) is 0.200. The number of hydrogen-bond acceptors (Lipinski definition) is 3. The number of aromatic nitrogens is 3. The molecule has 194 valence electrons. The highest BCUT2D eigenvalue weighted by atomic mass is 35.5. The number of imidazole rings is 1. The van der Waals surface area contributed by atoms with Crippen LogP contribution in [0.1, 0.15) is 30.7 Å². The predicted molar refractivity (Wildman–Crippen MR) is 155 cm³/mol. The summed E-state index contributed by atoms with van der Waals surface area (Å²) in [5.74, 6) is 0. The van der Waals surface area contributed by atoms with Gasteiger partial charge in [-0.05, 0) is 66.9 Å². The van der Waals surface area contributed by atoms with Crippen LogP contribution in [0.2, 0.25) is 10.0 Å². The molecular weight excluding hydrogens is 517 g/mol. The van der Waals surface area contributed by atoms with Gasteiger partial charge < -0.3 is 15.2 Å². The molecule has 3 aromatic carbocycles. The largest absolute Gasteiger partial charge is 0.336 e. The van der Waals surface area contributed by atoms with Crippen LogP contribution in [0, 0.1) is 0 Å². The lowest BCUT2D eigenvalue weighted by Crippen LogP contribution is -2.41. The molecule has 38 heavy (non-hydrogen) atoms. The Balaban J connectivity index is 1.79. The Labute approximate surface area is 232 Å². The smallest absolute Gasteiger partial charge is 0.328 e. The van der Waals surface area contributed by atoms with Crippen molar-refractivity contribution in [1.82, 2.24) is 19.0 Å². The van der Waals surface area contributed by atoms with Crippen LogP contribution in [0.25, 0.3) is 22.0 Å². The van der Waals surface area contributed by atoms with Gasteiger partial charge in [-0.3, -0.25) is 4.57 Å². The molecule has 2 aromatic heterocycles. The molecule has 0 aliphatic heterocycles. The lowest BCUT2D eigenvalue weighted by atomic mass is 9.80. The molecule has 6 nitrogen and oxygen atoms in total. The molecule has 0 bridgehead atoms. The van der Waals surface area contributed by atoms with Gasteiger partial charge in [-0.1, -0.05) is 53.5 Å². The molecule has 1 amide bonds. The van der Waals surface area contributed by atoms with Crippen molar-refractivity contribution in [2.45, 2.75) is 19.4 Å². The summed E-state index contributed by atoms with van der Waals surface area (Å²) in [6.45, 7) is 5.18. The van der Waals surface area contributed by atoms with Crippen molar-refractivity contribution < 1.29 is 4.79 Å². The topological polar surface area (TPSA) is 69.1 Å². The van der Waals surface area contributed by atoms with E-state index in [2.05, 4.69) is 11.1 Å². The van der Waals surface area contributed by atoms with Crippen molar-refractivity contribution in [3.8, 4) is 11.1 Å². The maximum Gasteiger partial charge on any atom is 0.328 e. The Morgan fingerprint density at radius 3 is 2.32 bits per heavy atom. The summed E-state index contributed by atoms with van der Waals surface area (Å²) in [4.78, 5) is 19.7. The van der Waals surface area contributed by atoms with Gasteiger partial charge in [0, 0.05) is 47.3 Å². The van der Waals surface area contributed by atoms with E-state index in [-0.39, 0.29) is 6.03 Å². The minimum absolute atomic E-state index is 0.0793. The predicted octanol–water partition coefficient (Wildman–Crippen LogP) is 6.91. The molecule has 0 fully saturated rings. The van der Waals surface area contributed by atoms with Gasteiger partial charge in [0.05, 0.1) is 23.7 Å². The Morgan fingerprint density at radius 2 is 1.68 bits per heavy atom. The molecule has 2 N–H and O–H groups in total. The van der Waals surface area contributed by atoms with E-state index in [1.807, 2.05) is 92.3 Å². The number of aryl methyl sites for hydroxylation is 1. The number of hydrogen-bond donors (Lipinski definition) is 1. The Kier molecular flexibility index (Phi) is 7.05. The fourth-order valence-corrected chi connectivity index (χ4v) is 5.39. The van der Waals surface area contributed by atoms with E-state index in [0.29, 0.717) is 23.1 Å². The van der Waals surface area contributed by atoms with Gasteiger partial charge >= 0.3 is 6.03 Å². The zero-order valence-corrected chi connectivity index (χ0v) is 23.0. The first-order valence-electron chi connectivity index (χ1n) is 12.5. The van der Waals surface area contributed by atoms with E-state index in [0.717, 1.165) is 38.9 Å². The van der Waals surface area contributed by atoms with Crippen molar-refractivity contribution in [3.63, 3.8) is 0 Å². The fourth-order valence-electron chi connectivity index (χ4n) is 5.08. The molecule has 1 atom stereocenters. The van der Waals surface area contributed by atoms with Crippen LogP contribution < -0.4 is 5.73 Å². The Morgan fingerprint density at radius 1 is 0.974 bits per heavy atom. The average Bonchev–Trinajstić information content (AvgIpc) is 3.53. The first kappa shape index (κ1) is 26.0. The molecule has 5 aromatic rings. The highest BCUT2D eigenvalue weighted by Crippen LogP contribution is 2.39. The maximum absolute atomic E-state index is 13.5. The third-order valence-corrected chi connectivity index (χ3v) is 7.64. The van der Waals surface area contributed by atoms with Crippen LogP contribution in [0.4, 0.5) is 4.79 Å². The number of carbonyl (C=O) groups excluding carboxylic acids is 1. The summed E-state index contributed by atoms with van der Waals surface area (Å²) in [6, 6.07) is 21.1. The monoisotopic (exact) mass is 545 g/mol. The first-order chi connectivity index (χ1) is 18.3. The quantitative estimate of drug-likeness (QED) is 0.252. The van der Waals surface area contributed by atoms with Crippen LogP contribution >= 0.6 is 23.2 Å². The molecule has 5 rings (SSSR count). The van der Waals surface area contributed by atoms with Crippen LogP contribution in [-0.2, 0) is 12.6 Å². The summed E-state index contributed by atoms with van der Waals surface area (Å²) in [5.41, 5.74) is 11.4. The number of halogens is 2. The van der Waals surface area contributed by atoms with Crippen molar-refractivity contribution in [2.75, 3.05) is 13.1 Å². The number of fused-ring (bicyclic) bond motifs is 1. The van der Waals surface area contributed by atoms with E-state index in [9.17, 15) is 4.79 Å². The second kappa shape index (κ2) is 10.3. The third-order valence-electron chi connectivity index (χ3n) is 7.16. The maximum atomic E-state index is 13.5. The lowest BCUT2D eigenvalue weighted by Gasteiger charge is -2.31. The second-order valence-electron chi connectivity index (χ2n) is 9.31. The molecule has 8 heteroatoms. The summed E-state index contributed by atoms with van der Waals surface area (Å²) in [6.07, 6.45) is 5.42. The number of rotatable bonds is 6. The van der Waals surface area contributed by atoms with Crippen molar-refractivity contribution in [3.05, 3.63) is 112 Å². The molecule has 0 saturated carbocycles. The van der Waals surface area contributed by atoms with Gasteiger partial charge in [0.1, 0.15) is 5.54 Å². The minimum Gasteiger partial charge on any atom is -0.336 e. The number of nitrogens with two attached hydrogens (primary N) is 1. The van der Waals surface area contributed by atoms with Crippen molar-refractivity contribution in [2.24, 2.45) is 12.8 Å². The van der Waals surface area contributed by atoms with Gasteiger partial charge in [0.2, 0.25) is 0 Å². The van der Waals surface area contributed by atoms with Gasteiger partial charge in [-0.15, -0.1) is 0 Å². The molecule has 0 spiro atoms. The van der Waals surface area contributed by atoms with Crippen molar-refractivity contribution in [1.29, 1.82) is 0 Å². The standard InChI is InChI=1S/C30H29Cl2N5O/c1-4-36(5-2)29(38)37-18-26(20-7-6-8-24(32)15-20)25-16-22(11-14-27(25)37)30(33,28-17-34-19-35(28)3)21-9-12-23(31)13-10-21/h6-19H,4-5,33H2,1-3H3. The highest BCUT2D eigenvalue weighted by molar-refractivity contribution is 6.31. The molecule has 2 heterocycles. The SMILES string of the molecule is CCN(CC)C(=O)n1cc(-c2cccc(Cl)c2)c2cc(C(N)(c3ccc(Cl)cc3)c3cncn3C)ccc21. The Hall–Kier alpha value is -3.58. The van der Waals surface area contributed by atoms with Gasteiger partial charge in [-0.2, -0.15) is 0 Å². The van der Waals surface area contributed by atoms with Crippen LogP contribution in [0.5, 0.6) is 0 Å². The van der Waals surface area contributed by atoms with Crippen LogP contribution in [-0.4, -0.2) is 38.1 Å². The molecular formula is C30H29Cl2N5O. The normalized spacial score (nSPS) is 13.0. The first-order valence-corrected chi connectivity index (χ1v) is 13.3. The zero-order chi connectivity index (χ0) is 27.0. The Bertz CT molecular complexity index is 1620. The van der Waals surface area contributed by atoms with Gasteiger partial charge in [0.15, 0.2) is 0 Å². The van der Waals surface area contributed by atoms with Gasteiger partial charge in [-0.25, -0.2) is 9.78 Å². The van der Waals surface area contributed by atoms with E-state index < -0.39 is 5.54 Å². The van der Waals surface area contributed by atoms with E-state index >= 15 is 0 Å². The van der Waals surface area contributed by atoms with E-state index in [1.165, 1.54) is 0 Å². The highest BCUT2D eigenvalue weighted by Gasteiger charge is 2.35. The summed E-state index contributed by atoms with van der Waals surface area (Å²) < 4.78 is 3.64. The molecule has 0 aliphatic rings. The summed E-state index contributed by atoms with van der Waals surface area (Å²) >= 11 is 12.6. The number of carbonyl (C=O) groups is 1. The summed E-state index contributed by atoms with van der Waals surface area (Å²) in [7, 11) is 1.93. The molecule has 0 aliphatic carbocycles. The van der Waals surface area contributed by atoms with Gasteiger partial charge in [0.25, 0.3) is 0 Å². The number of amides is 1. The van der Waals surface area contributed by atoms with E-state index in [1.54, 1.807) is 22.0 Å². The van der Waals surface area contributed by atoms with Crippen molar-refractivity contribution >= 4 is 40.1 Å². The number of benzene rings is 3. The molecule has 0 radical (unpaired) electrons. The van der Waals surface area contributed by atoms with E-state index in [4.69, 9.17) is 28.9 Å². The average molecular weight is 547 g/mol. The number of nitrogens with zero attached hydrogens (tertiary/aromatic N) is 4. The minimum atomic E-state index is -1.03. The van der Waals surface area contributed by atoms with Crippen LogP contribution in [0.3, 0.4) is 0 Å². The molecule has 0 saturated heterocycles.